The number of ether oxygens (including phenoxy) is 1. The molecule has 0 spiro atoms. The van der Waals surface area contributed by atoms with Crippen LogP contribution in [0.5, 0.6) is 5.75 Å². The maximum Gasteiger partial charge on any atom is 0.339 e. The van der Waals surface area contributed by atoms with Gasteiger partial charge in [0, 0.05) is 32.0 Å². The Balaban J connectivity index is 2.51. The molecule has 0 saturated heterocycles. The maximum atomic E-state index is 11.4. The molecule has 7 heteroatoms. The zero-order valence-electron chi connectivity index (χ0n) is 10.5. The molecule has 0 bridgehead atoms. The van der Waals surface area contributed by atoms with Gasteiger partial charge in [-0.2, -0.15) is 0 Å². The van der Waals surface area contributed by atoms with Gasteiger partial charge in [-0.05, 0) is 18.6 Å². The maximum absolute atomic E-state index is 11.4. The highest BCUT2D eigenvalue weighted by molar-refractivity contribution is 5.93. The number of aromatic hydroxyl groups is 1. The molecule has 4 N–H and O–H groups in total. The molecule has 0 radical (unpaired) electrons. The molecule has 0 atom stereocenters. The standard InChI is InChI=1S/C12H16N2O5/c1-19-6-2-5-13-12(18)14-8-3-4-9(11(16)17)10(15)7-8/h3-4,7,15H,2,5-6H2,1H3,(H,16,17)(H2,13,14,18). The van der Waals surface area contributed by atoms with Gasteiger partial charge in [0.05, 0.1) is 0 Å². The zero-order valence-corrected chi connectivity index (χ0v) is 10.5. The first kappa shape index (κ1) is 14.8. The van der Waals surface area contributed by atoms with E-state index in [1.54, 1.807) is 7.11 Å². The molecule has 0 saturated carbocycles. The second-order valence-corrected chi connectivity index (χ2v) is 3.76. The third-order valence-electron chi connectivity index (χ3n) is 2.30. The van der Waals surface area contributed by atoms with E-state index in [0.717, 1.165) is 0 Å². The molecule has 0 aliphatic carbocycles. The summed E-state index contributed by atoms with van der Waals surface area (Å²) in [4.78, 5) is 22.1. The molecule has 0 aliphatic rings. The number of nitrogens with one attached hydrogen (secondary N) is 2. The Morgan fingerprint density at radius 1 is 1.37 bits per heavy atom. The summed E-state index contributed by atoms with van der Waals surface area (Å²) in [7, 11) is 1.58. The van der Waals surface area contributed by atoms with Gasteiger partial charge in [0.1, 0.15) is 11.3 Å². The van der Waals surface area contributed by atoms with E-state index in [4.69, 9.17) is 9.84 Å². The van der Waals surface area contributed by atoms with Crippen molar-refractivity contribution in [2.75, 3.05) is 25.6 Å². The van der Waals surface area contributed by atoms with Crippen LogP contribution in [-0.4, -0.2) is 42.5 Å². The summed E-state index contributed by atoms with van der Waals surface area (Å²) in [6, 6.07) is 3.37. The molecule has 7 nitrogen and oxygen atoms in total. The Hall–Kier alpha value is -2.28. The van der Waals surface area contributed by atoms with Crippen molar-refractivity contribution in [3.8, 4) is 5.75 Å². The van der Waals surface area contributed by atoms with E-state index in [9.17, 15) is 14.7 Å². The second-order valence-electron chi connectivity index (χ2n) is 3.76. The van der Waals surface area contributed by atoms with Crippen LogP contribution in [0.2, 0.25) is 0 Å². The number of carboxylic acids is 1. The lowest BCUT2D eigenvalue weighted by Gasteiger charge is -2.08. The lowest BCUT2D eigenvalue weighted by atomic mass is 10.2. The minimum absolute atomic E-state index is 0.217. The predicted octanol–water partition coefficient (Wildman–Crippen LogP) is 1.25. The topological polar surface area (TPSA) is 108 Å². The Morgan fingerprint density at radius 3 is 2.68 bits per heavy atom. The molecule has 1 aromatic rings. The van der Waals surface area contributed by atoms with Gasteiger partial charge in [0.2, 0.25) is 0 Å². The van der Waals surface area contributed by atoms with Gasteiger partial charge in [-0.25, -0.2) is 9.59 Å². The highest BCUT2D eigenvalue weighted by Crippen LogP contribution is 2.21. The van der Waals surface area contributed by atoms with E-state index < -0.39 is 17.7 Å². The molecule has 19 heavy (non-hydrogen) atoms. The van der Waals surface area contributed by atoms with Gasteiger partial charge in [-0.3, -0.25) is 0 Å². The summed E-state index contributed by atoms with van der Waals surface area (Å²) in [5.41, 5.74) is 0.0952. The van der Waals surface area contributed by atoms with Gasteiger partial charge >= 0.3 is 12.0 Å². The van der Waals surface area contributed by atoms with Crippen LogP contribution in [0.25, 0.3) is 0 Å². The van der Waals surface area contributed by atoms with Crippen molar-refractivity contribution < 1.29 is 24.5 Å². The Labute approximate surface area is 110 Å². The SMILES string of the molecule is COCCCNC(=O)Nc1ccc(C(=O)O)c(O)c1. The summed E-state index contributed by atoms with van der Waals surface area (Å²) in [6.45, 7) is 1.01. The number of anilines is 1. The van der Waals surface area contributed by atoms with Crippen molar-refractivity contribution in [1.82, 2.24) is 5.32 Å². The second kappa shape index (κ2) is 7.22. The molecule has 0 heterocycles. The van der Waals surface area contributed by atoms with Crippen LogP contribution in [0.15, 0.2) is 18.2 Å². The molecular formula is C12H16N2O5. The van der Waals surface area contributed by atoms with E-state index in [1.807, 2.05) is 0 Å². The normalized spacial score (nSPS) is 9.95. The predicted molar refractivity (Wildman–Crippen MR) is 68.6 cm³/mol. The molecule has 1 rings (SSSR count). The van der Waals surface area contributed by atoms with E-state index in [-0.39, 0.29) is 5.56 Å². The number of aromatic carboxylic acids is 1. The first-order valence-electron chi connectivity index (χ1n) is 5.64. The van der Waals surface area contributed by atoms with E-state index >= 15 is 0 Å². The summed E-state index contributed by atoms with van der Waals surface area (Å²) >= 11 is 0. The number of hydrogen-bond acceptors (Lipinski definition) is 4. The minimum atomic E-state index is -1.23. The number of carbonyl (C=O) groups is 2. The van der Waals surface area contributed by atoms with Crippen LogP contribution < -0.4 is 10.6 Å². The highest BCUT2D eigenvalue weighted by atomic mass is 16.5. The van der Waals surface area contributed by atoms with Crippen molar-refractivity contribution in [3.63, 3.8) is 0 Å². The largest absolute Gasteiger partial charge is 0.507 e. The Morgan fingerprint density at radius 2 is 2.11 bits per heavy atom. The average molecular weight is 268 g/mol. The summed E-state index contributed by atoms with van der Waals surface area (Å²) in [5, 5.41) is 23.3. The molecule has 0 aromatic heterocycles. The number of carboxylic acid groups (broad SMARTS) is 1. The van der Waals surface area contributed by atoms with Gasteiger partial charge in [0.25, 0.3) is 0 Å². The number of urea groups is 1. The number of amides is 2. The lowest BCUT2D eigenvalue weighted by molar-refractivity contribution is 0.0694. The van der Waals surface area contributed by atoms with E-state index in [1.165, 1.54) is 18.2 Å². The first-order chi connectivity index (χ1) is 9.04. The van der Waals surface area contributed by atoms with Gasteiger partial charge in [0.15, 0.2) is 0 Å². The van der Waals surface area contributed by atoms with Crippen LogP contribution in [0.3, 0.4) is 0 Å². The van der Waals surface area contributed by atoms with Crippen molar-refractivity contribution in [2.24, 2.45) is 0 Å². The highest BCUT2D eigenvalue weighted by Gasteiger charge is 2.10. The van der Waals surface area contributed by atoms with Gasteiger partial charge in [-0.1, -0.05) is 0 Å². The van der Waals surface area contributed by atoms with Crippen molar-refractivity contribution >= 4 is 17.7 Å². The van der Waals surface area contributed by atoms with Crippen LogP contribution in [0.4, 0.5) is 10.5 Å². The molecule has 0 aliphatic heterocycles. The number of hydrogen-bond donors (Lipinski definition) is 4. The van der Waals surface area contributed by atoms with Gasteiger partial charge < -0.3 is 25.6 Å². The Kier molecular flexibility index (Phi) is 5.62. The number of methoxy groups -OCH3 is 1. The molecule has 1 aromatic carbocycles. The molecule has 104 valence electrons. The fourth-order valence-corrected chi connectivity index (χ4v) is 1.38. The zero-order chi connectivity index (χ0) is 14.3. The molecule has 2 amide bonds. The first-order valence-corrected chi connectivity index (χ1v) is 5.64. The molecule has 0 fully saturated rings. The quantitative estimate of drug-likeness (QED) is 0.581. The number of rotatable bonds is 6. The van der Waals surface area contributed by atoms with E-state index in [2.05, 4.69) is 10.6 Å². The van der Waals surface area contributed by atoms with Crippen LogP contribution >= 0.6 is 0 Å². The fourth-order valence-electron chi connectivity index (χ4n) is 1.38. The third kappa shape index (κ3) is 4.84. The van der Waals surface area contributed by atoms with Gasteiger partial charge in [-0.15, -0.1) is 0 Å². The number of benzene rings is 1. The van der Waals surface area contributed by atoms with Crippen LogP contribution in [0, 0.1) is 0 Å². The molecular weight excluding hydrogens is 252 g/mol. The Bertz CT molecular complexity index is 461. The van der Waals surface area contributed by atoms with Crippen LogP contribution in [-0.2, 0) is 4.74 Å². The summed E-state index contributed by atoms with van der Waals surface area (Å²) in [6.07, 6.45) is 0.688. The average Bonchev–Trinajstić information content (AvgIpc) is 2.34. The monoisotopic (exact) mass is 268 g/mol. The van der Waals surface area contributed by atoms with Crippen molar-refractivity contribution in [1.29, 1.82) is 0 Å². The van der Waals surface area contributed by atoms with Crippen molar-refractivity contribution in [3.05, 3.63) is 23.8 Å². The van der Waals surface area contributed by atoms with Crippen molar-refractivity contribution in [2.45, 2.75) is 6.42 Å². The number of phenols is 1. The third-order valence-corrected chi connectivity index (χ3v) is 2.30. The van der Waals surface area contributed by atoms with E-state index in [0.29, 0.717) is 25.3 Å². The summed E-state index contributed by atoms with van der Waals surface area (Å²) < 4.78 is 4.83. The summed E-state index contributed by atoms with van der Waals surface area (Å²) in [5.74, 6) is -1.63. The smallest absolute Gasteiger partial charge is 0.339 e. The fraction of sp³-hybridized carbons (Fsp3) is 0.333. The number of carbonyl (C=O) groups excluding carboxylic acids is 1. The molecule has 0 unspecified atom stereocenters. The van der Waals surface area contributed by atoms with Crippen LogP contribution in [0.1, 0.15) is 16.8 Å². The lowest BCUT2D eigenvalue weighted by Crippen LogP contribution is -2.30. The minimum Gasteiger partial charge on any atom is -0.507 e.